The number of aryl methyl sites for hydroxylation is 1. The lowest BCUT2D eigenvalue weighted by Gasteiger charge is -2.18. The Bertz CT molecular complexity index is 695. The Hall–Kier alpha value is -2.04. The monoisotopic (exact) mass is 316 g/mol. The van der Waals surface area contributed by atoms with Crippen LogP contribution in [0.2, 0.25) is 0 Å². The van der Waals surface area contributed by atoms with Crippen LogP contribution in [0.3, 0.4) is 0 Å². The molecule has 0 fully saturated rings. The van der Waals surface area contributed by atoms with Crippen molar-refractivity contribution in [1.29, 1.82) is 0 Å². The van der Waals surface area contributed by atoms with E-state index in [4.69, 9.17) is 4.98 Å². The van der Waals surface area contributed by atoms with Crippen LogP contribution in [0.5, 0.6) is 0 Å². The van der Waals surface area contributed by atoms with Gasteiger partial charge in [0.05, 0.1) is 11.0 Å². The average Bonchev–Trinajstić information content (AvgIpc) is 2.79. The Kier molecular flexibility index (Phi) is 4.97. The third kappa shape index (κ3) is 4.47. The van der Waals surface area contributed by atoms with Gasteiger partial charge in [-0.3, -0.25) is 0 Å². The van der Waals surface area contributed by atoms with Crippen molar-refractivity contribution in [3.05, 3.63) is 29.6 Å². The van der Waals surface area contributed by atoms with Crippen molar-refractivity contribution in [3.63, 3.8) is 0 Å². The summed E-state index contributed by atoms with van der Waals surface area (Å²) in [7, 11) is 2.04. The fourth-order valence-corrected chi connectivity index (χ4v) is 2.48. The molecule has 0 aliphatic carbocycles. The van der Waals surface area contributed by atoms with Crippen LogP contribution in [0, 0.1) is 5.41 Å². The maximum Gasteiger partial charge on any atom is 0.315 e. The van der Waals surface area contributed by atoms with Crippen molar-refractivity contribution in [3.8, 4) is 0 Å². The van der Waals surface area contributed by atoms with E-state index in [0.29, 0.717) is 19.0 Å². The Morgan fingerprint density at radius 3 is 2.57 bits per heavy atom. The van der Waals surface area contributed by atoms with Crippen molar-refractivity contribution in [1.82, 2.24) is 20.2 Å². The second kappa shape index (κ2) is 6.60. The van der Waals surface area contributed by atoms with Crippen LogP contribution in [0.25, 0.3) is 11.0 Å². The summed E-state index contributed by atoms with van der Waals surface area (Å²) < 4.78 is 2.13. The molecule has 1 heterocycles. The molecule has 2 aromatic rings. The molecule has 0 saturated heterocycles. The van der Waals surface area contributed by atoms with Gasteiger partial charge in [-0.05, 0) is 23.1 Å². The molecule has 2 rings (SSSR count). The Labute approximate surface area is 138 Å². The minimum Gasteiger partial charge on any atom is -0.338 e. The normalized spacial score (nSPS) is 12.0. The molecule has 2 N–H and O–H groups in total. The standard InChI is InChI=1S/C18H28N4O/c1-12(2)16-21-14-9-13(7-8-15(14)22(16)6)10-19-17(23)20-11-18(3,4)5/h7-9,12H,10-11H2,1-6H3,(H2,19,20,23). The van der Waals surface area contributed by atoms with Gasteiger partial charge in [0.1, 0.15) is 5.82 Å². The molecule has 5 heteroatoms. The van der Waals surface area contributed by atoms with Crippen LogP contribution >= 0.6 is 0 Å². The van der Waals surface area contributed by atoms with Crippen molar-refractivity contribution in [2.75, 3.05) is 6.54 Å². The predicted octanol–water partition coefficient (Wildman–Crippen LogP) is 3.54. The summed E-state index contributed by atoms with van der Waals surface area (Å²) in [6.45, 7) is 11.7. The van der Waals surface area contributed by atoms with E-state index in [-0.39, 0.29) is 11.4 Å². The van der Waals surface area contributed by atoms with Gasteiger partial charge >= 0.3 is 6.03 Å². The number of fused-ring (bicyclic) bond motifs is 1. The highest BCUT2D eigenvalue weighted by Crippen LogP contribution is 2.21. The number of hydrogen-bond acceptors (Lipinski definition) is 2. The quantitative estimate of drug-likeness (QED) is 0.906. The van der Waals surface area contributed by atoms with Crippen molar-refractivity contribution >= 4 is 17.1 Å². The first-order chi connectivity index (χ1) is 10.7. The van der Waals surface area contributed by atoms with E-state index in [1.807, 2.05) is 19.2 Å². The zero-order valence-corrected chi connectivity index (χ0v) is 15.0. The summed E-state index contributed by atoms with van der Waals surface area (Å²) in [4.78, 5) is 16.5. The highest BCUT2D eigenvalue weighted by molar-refractivity contribution is 5.77. The number of nitrogens with zero attached hydrogens (tertiary/aromatic N) is 2. The predicted molar refractivity (Wildman–Crippen MR) is 94.5 cm³/mol. The fraction of sp³-hybridized carbons (Fsp3) is 0.556. The summed E-state index contributed by atoms with van der Waals surface area (Å²) in [5.74, 6) is 1.46. The molecule has 0 unspecified atom stereocenters. The van der Waals surface area contributed by atoms with Crippen LogP contribution in [0.4, 0.5) is 4.79 Å². The lowest BCUT2D eigenvalue weighted by molar-refractivity contribution is 0.235. The lowest BCUT2D eigenvalue weighted by atomic mass is 9.97. The molecule has 126 valence electrons. The molecule has 0 spiro atoms. The molecular formula is C18H28N4O. The molecule has 23 heavy (non-hydrogen) atoms. The number of hydrogen-bond donors (Lipinski definition) is 2. The Morgan fingerprint density at radius 1 is 1.26 bits per heavy atom. The lowest BCUT2D eigenvalue weighted by Crippen LogP contribution is -2.39. The van der Waals surface area contributed by atoms with Gasteiger partial charge in [-0.25, -0.2) is 9.78 Å². The Morgan fingerprint density at radius 2 is 1.96 bits per heavy atom. The van der Waals surface area contributed by atoms with E-state index < -0.39 is 0 Å². The first kappa shape index (κ1) is 17.3. The minimum atomic E-state index is -0.135. The summed E-state index contributed by atoms with van der Waals surface area (Å²) in [5, 5.41) is 5.78. The van der Waals surface area contributed by atoms with Crippen LogP contribution in [-0.4, -0.2) is 22.1 Å². The molecule has 0 radical (unpaired) electrons. The second-order valence-corrected chi connectivity index (χ2v) is 7.60. The van der Waals surface area contributed by atoms with Crippen molar-refractivity contribution < 1.29 is 4.79 Å². The molecule has 2 amide bonds. The number of amides is 2. The van der Waals surface area contributed by atoms with Crippen LogP contribution < -0.4 is 10.6 Å². The molecule has 0 aliphatic rings. The van der Waals surface area contributed by atoms with Crippen LogP contribution in [-0.2, 0) is 13.6 Å². The summed E-state index contributed by atoms with van der Waals surface area (Å²) in [6, 6.07) is 6.02. The largest absolute Gasteiger partial charge is 0.338 e. The van der Waals surface area contributed by atoms with Crippen LogP contribution in [0.1, 0.15) is 51.9 Å². The van der Waals surface area contributed by atoms with Crippen molar-refractivity contribution in [2.45, 2.75) is 47.1 Å². The summed E-state index contributed by atoms with van der Waals surface area (Å²) in [6.07, 6.45) is 0. The second-order valence-electron chi connectivity index (χ2n) is 7.60. The molecule has 1 aromatic heterocycles. The number of urea groups is 1. The Balaban J connectivity index is 2.03. The summed E-state index contributed by atoms with van der Waals surface area (Å²) in [5.41, 5.74) is 3.23. The number of imidazole rings is 1. The number of benzene rings is 1. The van der Waals surface area contributed by atoms with E-state index in [9.17, 15) is 4.79 Å². The zero-order chi connectivity index (χ0) is 17.2. The van der Waals surface area contributed by atoms with E-state index in [0.717, 1.165) is 22.4 Å². The zero-order valence-electron chi connectivity index (χ0n) is 15.0. The van der Waals surface area contributed by atoms with Gasteiger partial charge in [-0.15, -0.1) is 0 Å². The van der Waals surface area contributed by atoms with E-state index in [2.05, 4.69) is 55.9 Å². The first-order valence-electron chi connectivity index (χ1n) is 8.14. The van der Waals surface area contributed by atoms with Gasteiger partial charge in [-0.2, -0.15) is 0 Å². The third-order valence-corrected chi connectivity index (χ3v) is 3.73. The fourth-order valence-electron chi connectivity index (χ4n) is 2.48. The minimum absolute atomic E-state index is 0.0808. The molecular weight excluding hydrogens is 288 g/mol. The van der Waals surface area contributed by atoms with Gasteiger partial charge in [0.25, 0.3) is 0 Å². The molecule has 1 aromatic carbocycles. The van der Waals surface area contributed by atoms with Gasteiger partial charge in [0.2, 0.25) is 0 Å². The molecule has 0 bridgehead atoms. The molecule has 0 saturated carbocycles. The third-order valence-electron chi connectivity index (χ3n) is 3.73. The van der Waals surface area contributed by atoms with E-state index >= 15 is 0 Å². The molecule has 0 atom stereocenters. The number of rotatable bonds is 4. The number of nitrogens with one attached hydrogen (secondary N) is 2. The van der Waals surface area contributed by atoms with Gasteiger partial charge in [-0.1, -0.05) is 40.7 Å². The van der Waals surface area contributed by atoms with Gasteiger partial charge in [0.15, 0.2) is 0 Å². The van der Waals surface area contributed by atoms with Crippen molar-refractivity contribution in [2.24, 2.45) is 12.5 Å². The number of carbonyl (C=O) groups excluding carboxylic acids is 1. The van der Waals surface area contributed by atoms with Crippen LogP contribution in [0.15, 0.2) is 18.2 Å². The first-order valence-corrected chi connectivity index (χ1v) is 8.14. The smallest absolute Gasteiger partial charge is 0.315 e. The van der Waals surface area contributed by atoms with E-state index in [1.165, 1.54) is 0 Å². The van der Waals surface area contributed by atoms with E-state index in [1.54, 1.807) is 0 Å². The van der Waals surface area contributed by atoms with Gasteiger partial charge < -0.3 is 15.2 Å². The summed E-state index contributed by atoms with van der Waals surface area (Å²) >= 11 is 0. The van der Waals surface area contributed by atoms with Gasteiger partial charge in [0, 0.05) is 26.1 Å². The maximum atomic E-state index is 11.8. The average molecular weight is 316 g/mol. The SMILES string of the molecule is CC(C)c1nc2cc(CNC(=O)NCC(C)(C)C)ccc2n1C. The number of carbonyl (C=O) groups is 1. The highest BCUT2D eigenvalue weighted by atomic mass is 16.2. The topological polar surface area (TPSA) is 59.0 Å². The molecule has 0 aliphatic heterocycles. The maximum absolute atomic E-state index is 11.8. The highest BCUT2D eigenvalue weighted by Gasteiger charge is 2.13. The number of aromatic nitrogens is 2. The molecule has 5 nitrogen and oxygen atoms in total.